The van der Waals surface area contributed by atoms with Gasteiger partial charge in [-0.15, -0.1) is 22.7 Å². The van der Waals surface area contributed by atoms with Crippen molar-refractivity contribution >= 4 is 91.9 Å². The summed E-state index contributed by atoms with van der Waals surface area (Å²) in [5, 5.41) is 6.27. The van der Waals surface area contributed by atoms with Crippen molar-refractivity contribution in [2.75, 3.05) is 4.90 Å². The number of hydrogen-bond donors (Lipinski definition) is 0. The zero-order valence-corrected chi connectivity index (χ0v) is 34.2. The van der Waals surface area contributed by atoms with Crippen LogP contribution in [-0.2, 0) is 0 Å². The van der Waals surface area contributed by atoms with E-state index in [1.165, 1.54) is 73.9 Å². The molecule has 0 saturated heterocycles. The van der Waals surface area contributed by atoms with Gasteiger partial charge in [0.1, 0.15) is 5.01 Å². The Bertz CT molecular complexity index is 3420. The molecule has 1 aliphatic carbocycles. The average molecular weight is 804 g/mol. The number of thiazole rings is 1. The first-order chi connectivity index (χ1) is 29.7. The van der Waals surface area contributed by atoms with E-state index in [0.29, 0.717) is 5.92 Å². The summed E-state index contributed by atoms with van der Waals surface area (Å²) in [6.45, 7) is 0. The zero-order valence-electron chi connectivity index (χ0n) is 32.6. The summed E-state index contributed by atoms with van der Waals surface area (Å²) in [5.74, 6) is 0.293. The van der Waals surface area contributed by atoms with E-state index in [0.717, 1.165) is 34.7 Å². The van der Waals surface area contributed by atoms with Gasteiger partial charge >= 0.3 is 0 Å². The molecular formula is C55H37N3S2. The number of thiophene rings is 1. The second kappa shape index (κ2) is 14.3. The lowest BCUT2D eigenvalue weighted by atomic mass is 10.0. The molecule has 60 heavy (non-hydrogen) atoms. The van der Waals surface area contributed by atoms with Crippen LogP contribution in [0.3, 0.4) is 0 Å². The molecule has 12 rings (SSSR count). The smallest absolute Gasteiger partial charge is 0.101 e. The van der Waals surface area contributed by atoms with E-state index in [1.54, 1.807) is 0 Å². The predicted molar refractivity (Wildman–Crippen MR) is 258 cm³/mol. The molecule has 3 aromatic heterocycles. The lowest BCUT2D eigenvalue weighted by Crippen LogP contribution is -2.09. The highest BCUT2D eigenvalue weighted by Crippen LogP contribution is 2.44. The Balaban J connectivity index is 1.01. The molecule has 284 valence electrons. The van der Waals surface area contributed by atoms with Crippen molar-refractivity contribution in [3.05, 3.63) is 211 Å². The van der Waals surface area contributed by atoms with Crippen molar-refractivity contribution in [3.8, 4) is 27.9 Å². The van der Waals surface area contributed by atoms with Crippen molar-refractivity contribution in [3.63, 3.8) is 0 Å². The first-order valence-electron chi connectivity index (χ1n) is 20.5. The van der Waals surface area contributed by atoms with Gasteiger partial charge in [-0.3, -0.25) is 0 Å². The summed E-state index contributed by atoms with van der Waals surface area (Å²) in [4.78, 5) is 7.56. The number of anilines is 3. The number of nitrogens with zero attached hydrogens (tertiary/aromatic N) is 3. The molecule has 3 heterocycles. The molecule has 5 heteroatoms. The Hall–Kier alpha value is -7.05. The minimum Gasteiger partial charge on any atom is -0.311 e. The number of hydrogen-bond acceptors (Lipinski definition) is 4. The lowest BCUT2D eigenvalue weighted by molar-refractivity contribution is 0.845. The maximum Gasteiger partial charge on any atom is 0.101 e. The van der Waals surface area contributed by atoms with Crippen LogP contribution < -0.4 is 4.90 Å². The lowest BCUT2D eigenvalue weighted by Gasteiger charge is -2.25. The van der Waals surface area contributed by atoms with Crippen LogP contribution in [0.4, 0.5) is 17.1 Å². The van der Waals surface area contributed by atoms with Crippen LogP contribution in [0.2, 0.25) is 0 Å². The third-order valence-corrected chi connectivity index (χ3v) is 14.3. The quantitative estimate of drug-likeness (QED) is 0.160. The van der Waals surface area contributed by atoms with Gasteiger partial charge in [0, 0.05) is 59.6 Å². The molecule has 0 N–H and O–H groups in total. The Morgan fingerprint density at radius 3 is 1.98 bits per heavy atom. The number of rotatable bonds is 7. The van der Waals surface area contributed by atoms with Crippen LogP contribution in [0.1, 0.15) is 17.3 Å². The largest absolute Gasteiger partial charge is 0.311 e. The monoisotopic (exact) mass is 803 g/mol. The van der Waals surface area contributed by atoms with E-state index in [1.807, 2.05) is 22.7 Å². The second-order valence-electron chi connectivity index (χ2n) is 15.5. The van der Waals surface area contributed by atoms with E-state index in [-0.39, 0.29) is 0 Å². The topological polar surface area (TPSA) is 21.1 Å². The minimum atomic E-state index is 0.293. The van der Waals surface area contributed by atoms with Gasteiger partial charge in [-0.25, -0.2) is 4.98 Å². The molecule has 0 amide bonds. The van der Waals surface area contributed by atoms with Gasteiger partial charge in [-0.05, 0) is 120 Å². The van der Waals surface area contributed by atoms with Crippen molar-refractivity contribution < 1.29 is 0 Å². The van der Waals surface area contributed by atoms with Gasteiger partial charge in [-0.1, -0.05) is 115 Å². The summed E-state index contributed by atoms with van der Waals surface area (Å²) in [5.41, 5.74) is 12.8. The summed E-state index contributed by atoms with van der Waals surface area (Å²) < 4.78 is 6.36. The maximum atomic E-state index is 5.25. The zero-order chi connectivity index (χ0) is 39.6. The highest BCUT2D eigenvalue weighted by atomic mass is 32.1. The molecule has 0 bridgehead atoms. The number of aromatic nitrogens is 2. The van der Waals surface area contributed by atoms with E-state index in [2.05, 4.69) is 216 Å². The fourth-order valence-corrected chi connectivity index (χ4v) is 11.3. The highest BCUT2D eigenvalue weighted by molar-refractivity contribution is 7.25. The van der Waals surface area contributed by atoms with Gasteiger partial charge in [0.25, 0.3) is 0 Å². The number of fused-ring (bicyclic) bond motifs is 8. The molecule has 0 fully saturated rings. The highest BCUT2D eigenvalue weighted by Gasteiger charge is 2.21. The first-order valence-corrected chi connectivity index (χ1v) is 22.1. The molecule has 11 aromatic rings. The fourth-order valence-electron chi connectivity index (χ4n) is 9.01. The van der Waals surface area contributed by atoms with Crippen molar-refractivity contribution in [1.29, 1.82) is 0 Å². The third kappa shape index (κ3) is 5.89. The summed E-state index contributed by atoms with van der Waals surface area (Å²) in [6.07, 6.45) is 9.81. The van der Waals surface area contributed by atoms with Crippen LogP contribution in [-0.4, -0.2) is 9.55 Å². The number of benzene rings is 8. The predicted octanol–water partition coefficient (Wildman–Crippen LogP) is 16.2. The van der Waals surface area contributed by atoms with E-state index in [9.17, 15) is 0 Å². The van der Waals surface area contributed by atoms with Crippen LogP contribution >= 0.6 is 22.7 Å². The van der Waals surface area contributed by atoms with Crippen LogP contribution in [0, 0.1) is 0 Å². The van der Waals surface area contributed by atoms with Crippen molar-refractivity contribution in [2.45, 2.75) is 12.3 Å². The Morgan fingerprint density at radius 2 is 1.18 bits per heavy atom. The summed E-state index contributed by atoms with van der Waals surface area (Å²) in [7, 11) is 0. The molecule has 1 aliphatic rings. The molecule has 8 aromatic carbocycles. The molecule has 3 nitrogen and oxygen atoms in total. The van der Waals surface area contributed by atoms with E-state index < -0.39 is 0 Å². The van der Waals surface area contributed by atoms with Crippen LogP contribution in [0.25, 0.3) is 80.1 Å². The van der Waals surface area contributed by atoms with E-state index >= 15 is 0 Å². The van der Waals surface area contributed by atoms with Crippen LogP contribution in [0.5, 0.6) is 0 Å². The van der Waals surface area contributed by atoms with Gasteiger partial charge in [-0.2, -0.15) is 0 Å². The summed E-state index contributed by atoms with van der Waals surface area (Å²) in [6, 6.07) is 66.4. The van der Waals surface area contributed by atoms with Gasteiger partial charge in [0.15, 0.2) is 0 Å². The molecule has 0 aliphatic heterocycles. The first kappa shape index (κ1) is 34.9. The molecule has 0 saturated carbocycles. The molecule has 1 unspecified atom stereocenters. The average Bonchev–Trinajstić information content (AvgIpc) is 4.02. The van der Waals surface area contributed by atoms with Crippen LogP contribution in [0.15, 0.2) is 206 Å². The van der Waals surface area contributed by atoms with Gasteiger partial charge in [0.2, 0.25) is 0 Å². The third-order valence-electron chi connectivity index (χ3n) is 11.9. The standard InChI is InChI=1S/C55H37N3S2/c1-4-13-37(14-5-1)55-56-49-30-29-46-47-34-39(36-23-27-43(28-24-36)57(41-16-6-2-7-17-41)42-18-8-3-9-19-42)25-31-50(47)58(53(46)54(49)60-55)44-20-12-15-38(33-44)40-26-32-52-48(35-40)45-21-10-11-22-51(45)59-52/h1-13,15-35,37H,14H2. The SMILES string of the molecule is C1=CCC(c2nc3ccc4c5cc(-c6ccc(N(c7ccccc7)c7ccccc7)cc6)ccc5n(-c5cccc(-c6ccc7sc8ccccc8c7c6)c5)c4c3s2)C=C1. The maximum absolute atomic E-state index is 5.25. The molecule has 1 atom stereocenters. The Kier molecular flexibility index (Phi) is 8.36. The molecule has 0 radical (unpaired) electrons. The molecule has 0 spiro atoms. The second-order valence-corrected chi connectivity index (χ2v) is 17.6. The van der Waals surface area contributed by atoms with Gasteiger partial charge < -0.3 is 9.47 Å². The minimum absolute atomic E-state index is 0.293. The van der Waals surface area contributed by atoms with Gasteiger partial charge in [0.05, 0.1) is 21.3 Å². The Morgan fingerprint density at radius 1 is 0.500 bits per heavy atom. The number of para-hydroxylation sites is 2. The van der Waals surface area contributed by atoms with E-state index in [4.69, 9.17) is 4.98 Å². The summed E-state index contributed by atoms with van der Waals surface area (Å²) >= 11 is 3.71. The van der Waals surface area contributed by atoms with Crippen molar-refractivity contribution in [1.82, 2.24) is 9.55 Å². The van der Waals surface area contributed by atoms with Crippen molar-refractivity contribution in [2.24, 2.45) is 0 Å². The Labute approximate surface area is 356 Å². The normalized spacial score (nSPS) is 14.0. The molecular weight excluding hydrogens is 767 g/mol. The number of allylic oxidation sites excluding steroid dienone is 4. The fraction of sp³-hybridized carbons (Fsp3) is 0.0364.